The minimum Gasteiger partial charge on any atom is -0.396 e. The topological polar surface area (TPSA) is 97.1 Å². The first kappa shape index (κ1) is 20.8. The van der Waals surface area contributed by atoms with Gasteiger partial charge in [-0.25, -0.2) is 0 Å². The van der Waals surface area contributed by atoms with Crippen molar-refractivity contribution in [1.82, 2.24) is 10.3 Å². The highest BCUT2D eigenvalue weighted by molar-refractivity contribution is 6.05. The Bertz CT molecular complexity index is 1300. The molecule has 0 unspecified atom stereocenters. The zero-order valence-corrected chi connectivity index (χ0v) is 17.3. The van der Waals surface area contributed by atoms with Gasteiger partial charge in [-0.2, -0.15) is 0 Å². The maximum atomic E-state index is 12.4. The van der Waals surface area contributed by atoms with Crippen LogP contribution in [-0.2, 0) is 11.3 Å². The highest BCUT2D eigenvalue weighted by atomic mass is 16.2. The molecule has 0 saturated carbocycles. The lowest BCUT2D eigenvalue weighted by atomic mass is 10.1. The van der Waals surface area contributed by atoms with Crippen LogP contribution in [0.4, 0.5) is 11.4 Å². The molecular weight excluding hydrogens is 400 g/mol. The molecule has 4 aromatic rings. The first-order valence-electron chi connectivity index (χ1n) is 10.1. The SMILES string of the molecule is Nc1cnccc1NC(=O)c1ccc(CNC(=O)/C=C/c2ccc3ccccc3c2)cc1. The Balaban J connectivity index is 1.31. The summed E-state index contributed by atoms with van der Waals surface area (Å²) in [6.07, 6.45) is 6.35. The van der Waals surface area contributed by atoms with Gasteiger partial charge >= 0.3 is 0 Å². The molecule has 0 radical (unpaired) electrons. The lowest BCUT2D eigenvalue weighted by molar-refractivity contribution is -0.116. The number of amides is 2. The average Bonchev–Trinajstić information content (AvgIpc) is 2.83. The number of carbonyl (C=O) groups is 2. The summed E-state index contributed by atoms with van der Waals surface area (Å²) in [6, 6.07) is 22.8. The van der Waals surface area contributed by atoms with Gasteiger partial charge in [0, 0.05) is 24.4 Å². The quantitative estimate of drug-likeness (QED) is 0.401. The normalized spacial score (nSPS) is 10.9. The standard InChI is InChI=1S/C26H22N4O2/c27-23-17-28-14-13-24(23)30-26(32)21-10-6-19(7-11-21)16-29-25(31)12-8-18-5-9-20-3-1-2-4-22(20)15-18/h1-15,17H,16,27H2,(H,29,31)(H,28,30,32)/b12-8+. The molecular formula is C26H22N4O2. The number of rotatable bonds is 6. The predicted octanol–water partition coefficient (Wildman–Crippen LogP) is 4.40. The van der Waals surface area contributed by atoms with Crippen molar-refractivity contribution in [3.63, 3.8) is 0 Å². The Kier molecular flexibility index (Phi) is 6.22. The summed E-state index contributed by atoms with van der Waals surface area (Å²) in [5.41, 5.74) is 9.06. The smallest absolute Gasteiger partial charge is 0.255 e. The van der Waals surface area contributed by atoms with Crippen LogP contribution in [0.5, 0.6) is 0 Å². The van der Waals surface area contributed by atoms with Crippen molar-refractivity contribution >= 4 is 40.0 Å². The Hall–Kier alpha value is -4.45. The van der Waals surface area contributed by atoms with Crippen molar-refractivity contribution in [2.45, 2.75) is 6.54 Å². The second kappa shape index (κ2) is 9.57. The van der Waals surface area contributed by atoms with Crippen LogP contribution in [0.15, 0.2) is 91.3 Å². The Labute approximate surface area is 185 Å². The summed E-state index contributed by atoms with van der Waals surface area (Å²) in [6.45, 7) is 0.361. The van der Waals surface area contributed by atoms with E-state index < -0.39 is 0 Å². The van der Waals surface area contributed by atoms with Crippen LogP contribution in [-0.4, -0.2) is 16.8 Å². The van der Waals surface area contributed by atoms with Gasteiger partial charge in [0.1, 0.15) is 0 Å². The number of nitrogens with one attached hydrogen (secondary N) is 2. The number of pyridine rings is 1. The molecule has 0 aliphatic carbocycles. The molecule has 0 saturated heterocycles. The van der Waals surface area contributed by atoms with Crippen molar-refractivity contribution < 1.29 is 9.59 Å². The van der Waals surface area contributed by atoms with E-state index in [9.17, 15) is 9.59 Å². The minimum absolute atomic E-state index is 0.187. The third-order valence-corrected chi connectivity index (χ3v) is 4.98. The summed E-state index contributed by atoms with van der Waals surface area (Å²) >= 11 is 0. The fourth-order valence-corrected chi connectivity index (χ4v) is 3.22. The fraction of sp³-hybridized carbons (Fsp3) is 0.0385. The minimum atomic E-state index is -0.267. The Morgan fingerprint density at radius 2 is 1.72 bits per heavy atom. The van der Waals surface area contributed by atoms with E-state index >= 15 is 0 Å². The van der Waals surface area contributed by atoms with Crippen LogP contribution in [0, 0.1) is 0 Å². The first-order valence-corrected chi connectivity index (χ1v) is 10.1. The summed E-state index contributed by atoms with van der Waals surface area (Å²) in [4.78, 5) is 28.5. The van der Waals surface area contributed by atoms with Crippen molar-refractivity contribution in [3.05, 3.63) is 108 Å². The number of nitrogens with zero attached hydrogens (tertiary/aromatic N) is 1. The molecule has 0 spiro atoms. The molecule has 1 heterocycles. The van der Waals surface area contributed by atoms with E-state index in [-0.39, 0.29) is 11.8 Å². The molecule has 0 fully saturated rings. The number of carbonyl (C=O) groups excluding carboxylic acids is 2. The summed E-state index contributed by atoms with van der Waals surface area (Å²) in [5.74, 6) is -0.454. The number of nitrogen functional groups attached to an aromatic ring is 1. The molecule has 4 rings (SSSR count). The third-order valence-electron chi connectivity index (χ3n) is 4.98. The molecule has 1 aromatic heterocycles. The van der Waals surface area contributed by atoms with Crippen molar-refractivity contribution in [1.29, 1.82) is 0 Å². The lowest BCUT2D eigenvalue weighted by Gasteiger charge is -2.08. The zero-order chi connectivity index (χ0) is 22.3. The molecule has 2 amide bonds. The molecule has 6 heteroatoms. The molecule has 4 N–H and O–H groups in total. The van der Waals surface area contributed by atoms with Gasteiger partial charge in [-0.05, 0) is 52.2 Å². The number of aromatic nitrogens is 1. The van der Waals surface area contributed by atoms with E-state index in [0.717, 1.165) is 21.9 Å². The average molecular weight is 422 g/mol. The van der Waals surface area contributed by atoms with E-state index in [1.807, 2.05) is 36.4 Å². The van der Waals surface area contributed by atoms with Gasteiger partial charge in [0.05, 0.1) is 17.6 Å². The third kappa shape index (κ3) is 5.17. The number of benzene rings is 3. The lowest BCUT2D eigenvalue weighted by Crippen LogP contribution is -2.20. The van der Waals surface area contributed by atoms with Crippen LogP contribution >= 0.6 is 0 Å². The van der Waals surface area contributed by atoms with Gasteiger partial charge in [0.15, 0.2) is 0 Å². The monoisotopic (exact) mass is 422 g/mol. The van der Waals surface area contributed by atoms with Gasteiger partial charge < -0.3 is 16.4 Å². The second-order valence-electron chi connectivity index (χ2n) is 7.27. The molecule has 3 aromatic carbocycles. The summed E-state index contributed by atoms with van der Waals surface area (Å²) < 4.78 is 0. The van der Waals surface area contributed by atoms with Crippen LogP contribution in [0.1, 0.15) is 21.5 Å². The highest BCUT2D eigenvalue weighted by Crippen LogP contribution is 2.17. The van der Waals surface area contributed by atoms with Crippen molar-refractivity contribution in [2.75, 3.05) is 11.1 Å². The van der Waals surface area contributed by atoms with Gasteiger partial charge in [-0.1, -0.05) is 48.5 Å². The van der Waals surface area contributed by atoms with Gasteiger partial charge in [0.25, 0.3) is 5.91 Å². The van der Waals surface area contributed by atoms with Crippen molar-refractivity contribution in [2.24, 2.45) is 0 Å². The summed E-state index contributed by atoms with van der Waals surface area (Å²) in [7, 11) is 0. The van der Waals surface area contributed by atoms with Gasteiger partial charge in [-0.15, -0.1) is 0 Å². The van der Waals surface area contributed by atoms with E-state index in [2.05, 4.69) is 21.7 Å². The number of fused-ring (bicyclic) bond motifs is 1. The fourth-order valence-electron chi connectivity index (χ4n) is 3.22. The predicted molar refractivity (Wildman–Crippen MR) is 128 cm³/mol. The zero-order valence-electron chi connectivity index (χ0n) is 17.3. The van der Waals surface area contributed by atoms with Crippen LogP contribution in [0.2, 0.25) is 0 Å². The number of anilines is 2. The highest BCUT2D eigenvalue weighted by Gasteiger charge is 2.08. The molecule has 0 aliphatic rings. The number of hydrogen-bond donors (Lipinski definition) is 3. The van der Waals surface area contributed by atoms with Crippen LogP contribution in [0.3, 0.4) is 0 Å². The molecule has 158 valence electrons. The Morgan fingerprint density at radius 1 is 0.938 bits per heavy atom. The maximum Gasteiger partial charge on any atom is 0.255 e. The van der Waals surface area contributed by atoms with E-state index in [1.54, 1.807) is 42.6 Å². The largest absolute Gasteiger partial charge is 0.396 e. The second-order valence-corrected chi connectivity index (χ2v) is 7.27. The maximum absolute atomic E-state index is 12.4. The molecule has 6 nitrogen and oxygen atoms in total. The van der Waals surface area contributed by atoms with E-state index in [4.69, 9.17) is 5.73 Å². The van der Waals surface area contributed by atoms with Crippen LogP contribution in [0.25, 0.3) is 16.8 Å². The molecule has 0 atom stereocenters. The molecule has 0 aliphatic heterocycles. The van der Waals surface area contributed by atoms with Crippen LogP contribution < -0.4 is 16.4 Å². The van der Waals surface area contributed by atoms with Gasteiger partial charge in [0.2, 0.25) is 5.91 Å². The number of hydrogen-bond acceptors (Lipinski definition) is 4. The Morgan fingerprint density at radius 3 is 2.50 bits per heavy atom. The molecule has 0 bridgehead atoms. The van der Waals surface area contributed by atoms with Gasteiger partial charge in [-0.3, -0.25) is 14.6 Å². The number of nitrogens with two attached hydrogens (primary N) is 1. The summed E-state index contributed by atoms with van der Waals surface area (Å²) in [5, 5.41) is 7.90. The van der Waals surface area contributed by atoms with E-state index in [1.165, 1.54) is 12.3 Å². The van der Waals surface area contributed by atoms with Crippen molar-refractivity contribution in [3.8, 4) is 0 Å². The van der Waals surface area contributed by atoms with E-state index in [0.29, 0.717) is 23.5 Å². The molecule has 32 heavy (non-hydrogen) atoms. The first-order chi connectivity index (χ1) is 15.6.